The van der Waals surface area contributed by atoms with E-state index in [1.165, 1.54) is 6.20 Å². The third-order valence-electron chi connectivity index (χ3n) is 2.56. The molecule has 1 aromatic rings. The van der Waals surface area contributed by atoms with E-state index in [2.05, 4.69) is 10.4 Å². The van der Waals surface area contributed by atoms with Crippen LogP contribution in [0.2, 0.25) is 0 Å². The molecule has 1 aliphatic rings. The fraction of sp³-hybridized carbons (Fsp3) is 0.444. The first-order valence-electron chi connectivity index (χ1n) is 5.16. The highest BCUT2D eigenvalue weighted by Crippen LogP contribution is 2.26. The number of aromatic nitrogens is 1. The molecular formula is C9H13N5O3. The van der Waals surface area contributed by atoms with Gasteiger partial charge >= 0.3 is 5.82 Å². The molecule has 2 heterocycles. The zero-order valence-electron chi connectivity index (χ0n) is 9.13. The molecule has 3 N–H and O–H groups in total. The fourth-order valence-corrected chi connectivity index (χ4v) is 1.69. The summed E-state index contributed by atoms with van der Waals surface area (Å²) >= 11 is 0. The molecule has 1 fully saturated rings. The Bertz CT molecular complexity index is 419. The molecule has 8 nitrogen and oxygen atoms in total. The van der Waals surface area contributed by atoms with Crippen LogP contribution in [-0.4, -0.2) is 36.2 Å². The molecule has 0 saturated carbocycles. The van der Waals surface area contributed by atoms with Gasteiger partial charge in [-0.15, -0.1) is 0 Å². The summed E-state index contributed by atoms with van der Waals surface area (Å²) in [6.45, 7) is 2.76. The van der Waals surface area contributed by atoms with E-state index in [1.54, 1.807) is 6.07 Å². The number of hydrogen-bond acceptors (Lipinski definition) is 7. The summed E-state index contributed by atoms with van der Waals surface area (Å²) in [7, 11) is 0. The van der Waals surface area contributed by atoms with Crippen molar-refractivity contribution >= 4 is 17.2 Å². The molecule has 1 aliphatic heterocycles. The lowest BCUT2D eigenvalue weighted by Crippen LogP contribution is -2.36. The molecule has 0 aromatic carbocycles. The molecule has 0 amide bonds. The lowest BCUT2D eigenvalue weighted by atomic mass is 10.3. The standard InChI is InChI=1S/C9H13N5O3/c10-12-8-5-7(6-11-9(8)14(15)16)13-1-3-17-4-2-13/h5-6,12H,1-4,10H2. The molecule has 0 radical (unpaired) electrons. The van der Waals surface area contributed by atoms with Gasteiger partial charge in [0, 0.05) is 13.1 Å². The Morgan fingerprint density at radius 2 is 2.24 bits per heavy atom. The molecule has 0 unspecified atom stereocenters. The molecule has 0 bridgehead atoms. The third kappa shape index (κ3) is 2.43. The van der Waals surface area contributed by atoms with E-state index in [0.717, 1.165) is 18.8 Å². The van der Waals surface area contributed by atoms with Gasteiger partial charge in [-0.25, -0.2) is 0 Å². The molecule has 0 aliphatic carbocycles. The van der Waals surface area contributed by atoms with Crippen LogP contribution in [0.5, 0.6) is 0 Å². The number of nitrogens with two attached hydrogens (primary N) is 1. The summed E-state index contributed by atoms with van der Waals surface area (Å²) in [5, 5.41) is 10.7. The first-order chi connectivity index (χ1) is 8.22. The van der Waals surface area contributed by atoms with Crippen LogP contribution in [0, 0.1) is 10.1 Å². The van der Waals surface area contributed by atoms with Gasteiger partial charge in [0.2, 0.25) is 0 Å². The van der Waals surface area contributed by atoms with E-state index in [9.17, 15) is 10.1 Å². The second-order valence-electron chi connectivity index (χ2n) is 3.57. The van der Waals surface area contributed by atoms with Crippen molar-refractivity contribution in [3.63, 3.8) is 0 Å². The predicted octanol–water partition coefficient (Wildman–Crippen LogP) is 0.112. The quantitative estimate of drug-likeness (QED) is 0.438. The van der Waals surface area contributed by atoms with Gasteiger partial charge in [-0.2, -0.15) is 0 Å². The zero-order valence-corrected chi connectivity index (χ0v) is 9.13. The van der Waals surface area contributed by atoms with Crippen LogP contribution in [0.25, 0.3) is 0 Å². The van der Waals surface area contributed by atoms with Gasteiger partial charge in [0.25, 0.3) is 0 Å². The minimum Gasteiger partial charge on any atom is -0.378 e. The Morgan fingerprint density at radius 3 is 2.82 bits per heavy atom. The number of nitrogens with one attached hydrogen (secondary N) is 1. The second kappa shape index (κ2) is 4.93. The monoisotopic (exact) mass is 239 g/mol. The van der Waals surface area contributed by atoms with Gasteiger partial charge in [0.1, 0.15) is 5.69 Å². The van der Waals surface area contributed by atoms with E-state index in [0.29, 0.717) is 13.2 Å². The summed E-state index contributed by atoms with van der Waals surface area (Å²) in [5.74, 6) is 4.98. The second-order valence-corrected chi connectivity index (χ2v) is 3.57. The molecule has 0 atom stereocenters. The molecule has 8 heteroatoms. The minimum absolute atomic E-state index is 0.207. The number of nitrogen functional groups attached to an aromatic ring is 1. The number of nitrogens with zero attached hydrogens (tertiary/aromatic N) is 3. The van der Waals surface area contributed by atoms with Crippen LogP contribution in [0.4, 0.5) is 17.2 Å². The highest BCUT2D eigenvalue weighted by Gasteiger charge is 2.19. The summed E-state index contributed by atoms with van der Waals surface area (Å²) in [6.07, 6.45) is 1.48. The smallest absolute Gasteiger partial charge is 0.378 e. The SMILES string of the molecule is NNc1cc(N2CCOCC2)cnc1[N+](=O)[O-]. The number of anilines is 2. The fourth-order valence-electron chi connectivity index (χ4n) is 1.69. The van der Waals surface area contributed by atoms with Crippen LogP contribution in [0.1, 0.15) is 0 Å². The van der Waals surface area contributed by atoms with Crippen molar-refractivity contribution in [2.45, 2.75) is 0 Å². The number of morpholine rings is 1. The van der Waals surface area contributed by atoms with E-state index >= 15 is 0 Å². The molecule has 1 saturated heterocycles. The summed E-state index contributed by atoms with van der Waals surface area (Å²) in [5.41, 5.74) is 3.30. The Hall–Kier alpha value is -1.93. The number of nitro groups is 1. The third-order valence-corrected chi connectivity index (χ3v) is 2.56. The predicted molar refractivity (Wildman–Crippen MR) is 61.7 cm³/mol. The van der Waals surface area contributed by atoms with E-state index in [1.807, 2.05) is 4.90 Å². The van der Waals surface area contributed by atoms with Gasteiger partial charge in [-0.05, 0) is 16.0 Å². The number of hydrogen-bond donors (Lipinski definition) is 2. The number of ether oxygens (including phenoxy) is 1. The van der Waals surface area contributed by atoms with Crippen LogP contribution in [0.15, 0.2) is 12.3 Å². The van der Waals surface area contributed by atoms with Gasteiger partial charge < -0.3 is 25.2 Å². The Balaban J connectivity index is 2.27. The van der Waals surface area contributed by atoms with Gasteiger partial charge in [-0.3, -0.25) is 5.84 Å². The van der Waals surface area contributed by atoms with Crippen molar-refractivity contribution in [1.29, 1.82) is 0 Å². The summed E-state index contributed by atoms with van der Waals surface area (Å²) in [4.78, 5) is 16.0. The normalized spacial score (nSPS) is 15.7. The molecule has 1 aromatic heterocycles. The lowest BCUT2D eigenvalue weighted by molar-refractivity contribution is -0.388. The van der Waals surface area contributed by atoms with Crippen molar-refractivity contribution in [2.24, 2.45) is 5.84 Å². The Labute approximate surface area is 97.5 Å². The zero-order chi connectivity index (χ0) is 12.3. The summed E-state index contributed by atoms with van der Waals surface area (Å²) < 4.78 is 5.23. The average molecular weight is 239 g/mol. The molecule has 92 valence electrons. The van der Waals surface area contributed by atoms with Crippen LogP contribution in [-0.2, 0) is 4.74 Å². The van der Waals surface area contributed by atoms with Crippen LogP contribution >= 0.6 is 0 Å². The maximum Gasteiger partial charge on any atom is 0.388 e. The number of rotatable bonds is 3. The highest BCUT2D eigenvalue weighted by atomic mass is 16.6. The van der Waals surface area contributed by atoms with Gasteiger partial charge in [0.15, 0.2) is 6.20 Å². The molecule has 0 spiro atoms. The van der Waals surface area contributed by atoms with Crippen molar-refractivity contribution in [1.82, 2.24) is 4.98 Å². The maximum atomic E-state index is 10.7. The Morgan fingerprint density at radius 1 is 1.53 bits per heavy atom. The van der Waals surface area contributed by atoms with Crippen molar-refractivity contribution in [3.05, 3.63) is 22.4 Å². The van der Waals surface area contributed by atoms with E-state index < -0.39 is 4.92 Å². The van der Waals surface area contributed by atoms with Crippen molar-refractivity contribution in [2.75, 3.05) is 36.6 Å². The first kappa shape index (κ1) is 11.6. The highest BCUT2D eigenvalue weighted by molar-refractivity contribution is 5.64. The average Bonchev–Trinajstić information content (AvgIpc) is 2.39. The van der Waals surface area contributed by atoms with Crippen LogP contribution < -0.4 is 16.2 Å². The molecule has 17 heavy (non-hydrogen) atoms. The summed E-state index contributed by atoms with van der Waals surface area (Å²) in [6, 6.07) is 1.62. The van der Waals surface area contributed by atoms with Crippen molar-refractivity contribution < 1.29 is 9.66 Å². The van der Waals surface area contributed by atoms with Gasteiger partial charge in [0.05, 0.1) is 18.9 Å². The lowest BCUT2D eigenvalue weighted by Gasteiger charge is -2.27. The van der Waals surface area contributed by atoms with Crippen LogP contribution in [0.3, 0.4) is 0 Å². The molecule has 2 rings (SSSR count). The maximum absolute atomic E-state index is 10.7. The number of pyridine rings is 1. The topological polar surface area (TPSA) is 107 Å². The Kier molecular flexibility index (Phi) is 3.35. The van der Waals surface area contributed by atoms with E-state index in [-0.39, 0.29) is 11.5 Å². The largest absolute Gasteiger partial charge is 0.388 e. The minimum atomic E-state index is -0.571. The number of hydrazine groups is 1. The van der Waals surface area contributed by atoms with E-state index in [4.69, 9.17) is 10.6 Å². The first-order valence-corrected chi connectivity index (χ1v) is 5.16. The molecular weight excluding hydrogens is 226 g/mol. The van der Waals surface area contributed by atoms with Gasteiger partial charge in [-0.1, -0.05) is 0 Å². The van der Waals surface area contributed by atoms with Crippen molar-refractivity contribution in [3.8, 4) is 0 Å².